The van der Waals surface area contributed by atoms with Gasteiger partial charge in [0, 0.05) is 37.6 Å². The minimum Gasteiger partial charge on any atom is -0.354 e. The molecule has 4 nitrogen and oxygen atoms in total. The van der Waals surface area contributed by atoms with Crippen LogP contribution in [0.15, 0.2) is 0 Å². The van der Waals surface area contributed by atoms with Crippen LogP contribution in [0.4, 0.5) is 0 Å². The molecule has 0 aromatic rings. The number of amides is 1. The monoisotopic (exact) mass is 325 g/mol. The smallest absolute Gasteiger partial charge is 0.220 e. The summed E-state index contributed by atoms with van der Waals surface area (Å²) in [5, 5.41) is 2.79. The number of carbonyl (C=O) groups excluding carboxylic acids is 3. The lowest BCUT2D eigenvalue weighted by atomic mass is 10.0. The van der Waals surface area contributed by atoms with Crippen LogP contribution in [-0.2, 0) is 14.4 Å². The van der Waals surface area contributed by atoms with Crippen LogP contribution in [0.5, 0.6) is 0 Å². The second-order valence-corrected chi connectivity index (χ2v) is 7.00. The predicted octanol–water partition coefficient (Wildman–Crippen LogP) is 4.21. The highest BCUT2D eigenvalue weighted by Crippen LogP contribution is 2.11. The van der Waals surface area contributed by atoms with Gasteiger partial charge in [-0.1, -0.05) is 39.5 Å². The first kappa shape index (κ1) is 21.8. The predicted molar refractivity (Wildman–Crippen MR) is 94.3 cm³/mol. The molecular formula is C19H35NO3. The number of hydrogen-bond donors (Lipinski definition) is 1. The fourth-order valence-corrected chi connectivity index (χ4v) is 2.39. The number of carbonyl (C=O) groups is 3. The second-order valence-electron chi connectivity index (χ2n) is 7.00. The Morgan fingerprint density at radius 2 is 1.22 bits per heavy atom. The summed E-state index contributed by atoms with van der Waals surface area (Å²) >= 11 is 0. The number of ketones is 2. The maximum absolute atomic E-state index is 11.7. The highest BCUT2D eigenvalue weighted by atomic mass is 16.2. The quantitative estimate of drug-likeness (QED) is 0.487. The van der Waals surface area contributed by atoms with Crippen LogP contribution in [0, 0.1) is 5.92 Å². The zero-order chi connectivity index (χ0) is 17.7. The zero-order valence-corrected chi connectivity index (χ0v) is 15.5. The molecule has 0 unspecified atom stereocenters. The molecule has 4 heteroatoms. The summed E-state index contributed by atoms with van der Waals surface area (Å²) in [5.41, 5.74) is 0. The Labute approximate surface area is 141 Å². The highest BCUT2D eigenvalue weighted by molar-refractivity contribution is 5.85. The molecular weight excluding hydrogens is 290 g/mol. The van der Waals surface area contributed by atoms with Crippen LogP contribution in [0.2, 0.25) is 0 Å². The van der Waals surface area contributed by atoms with Gasteiger partial charge in [-0.25, -0.2) is 0 Å². The van der Waals surface area contributed by atoms with Crippen LogP contribution in [0.3, 0.4) is 0 Å². The normalized spacial score (nSPS) is 11.0. The van der Waals surface area contributed by atoms with Crippen LogP contribution < -0.4 is 5.32 Å². The average molecular weight is 325 g/mol. The van der Waals surface area contributed by atoms with Gasteiger partial charge in [-0.2, -0.15) is 0 Å². The minimum absolute atomic E-state index is 0.0377. The van der Waals surface area contributed by atoms with Gasteiger partial charge in [-0.05, 0) is 26.7 Å². The lowest BCUT2D eigenvalue weighted by Crippen LogP contribution is -2.30. The van der Waals surface area contributed by atoms with Gasteiger partial charge in [-0.15, -0.1) is 0 Å². The van der Waals surface area contributed by atoms with E-state index in [0.717, 1.165) is 38.5 Å². The molecule has 0 atom stereocenters. The fourth-order valence-electron chi connectivity index (χ4n) is 2.39. The highest BCUT2D eigenvalue weighted by Gasteiger charge is 2.08. The molecule has 0 aliphatic rings. The molecule has 0 radical (unpaired) electrons. The average Bonchev–Trinajstić information content (AvgIpc) is 2.46. The van der Waals surface area contributed by atoms with E-state index in [1.54, 1.807) is 0 Å². The third-order valence-corrected chi connectivity index (χ3v) is 3.85. The van der Waals surface area contributed by atoms with Gasteiger partial charge >= 0.3 is 0 Å². The molecule has 0 saturated carbocycles. The van der Waals surface area contributed by atoms with Crippen LogP contribution in [0.25, 0.3) is 0 Å². The van der Waals surface area contributed by atoms with E-state index in [1.807, 2.05) is 27.7 Å². The summed E-state index contributed by atoms with van der Waals surface area (Å²) < 4.78 is 0. The summed E-state index contributed by atoms with van der Waals surface area (Å²) in [6, 6.07) is 0.133. The van der Waals surface area contributed by atoms with Crippen molar-refractivity contribution in [3.05, 3.63) is 0 Å². The molecule has 1 N–H and O–H groups in total. The Bertz CT molecular complexity index is 362. The Morgan fingerprint density at radius 1 is 0.696 bits per heavy atom. The van der Waals surface area contributed by atoms with Crippen molar-refractivity contribution in [1.29, 1.82) is 0 Å². The second kappa shape index (κ2) is 13.3. The molecule has 134 valence electrons. The zero-order valence-electron chi connectivity index (χ0n) is 15.5. The van der Waals surface area contributed by atoms with Gasteiger partial charge in [0.25, 0.3) is 0 Å². The molecule has 23 heavy (non-hydrogen) atoms. The lowest BCUT2D eigenvalue weighted by Gasteiger charge is -2.07. The van der Waals surface area contributed by atoms with E-state index in [4.69, 9.17) is 0 Å². The summed E-state index contributed by atoms with van der Waals surface area (Å²) in [6.45, 7) is 7.73. The first-order valence-electron chi connectivity index (χ1n) is 9.16. The topological polar surface area (TPSA) is 63.2 Å². The summed E-state index contributed by atoms with van der Waals surface area (Å²) in [5.74, 6) is 0.663. The maximum atomic E-state index is 11.7. The van der Waals surface area contributed by atoms with Crippen molar-refractivity contribution in [3.8, 4) is 0 Å². The first-order chi connectivity index (χ1) is 10.8. The van der Waals surface area contributed by atoms with Crippen molar-refractivity contribution in [1.82, 2.24) is 5.32 Å². The SMILES string of the molecule is CC(C)NC(=O)CCC(=O)CCCCCCCCC(=O)C(C)C. The van der Waals surface area contributed by atoms with Gasteiger partial charge in [0.1, 0.15) is 11.6 Å². The molecule has 0 aliphatic heterocycles. The van der Waals surface area contributed by atoms with Crippen molar-refractivity contribution >= 4 is 17.5 Å². The molecule has 0 aromatic carbocycles. The van der Waals surface area contributed by atoms with Crippen molar-refractivity contribution in [2.45, 2.75) is 97.9 Å². The molecule has 0 aromatic heterocycles. The number of nitrogens with one attached hydrogen (secondary N) is 1. The van der Waals surface area contributed by atoms with Gasteiger partial charge in [0.2, 0.25) is 5.91 Å². The maximum Gasteiger partial charge on any atom is 0.220 e. The van der Waals surface area contributed by atoms with E-state index < -0.39 is 0 Å². The van der Waals surface area contributed by atoms with Crippen LogP contribution in [0.1, 0.15) is 91.9 Å². The van der Waals surface area contributed by atoms with Gasteiger partial charge < -0.3 is 5.32 Å². The third kappa shape index (κ3) is 14.2. The molecule has 0 rings (SSSR count). The van der Waals surface area contributed by atoms with Crippen LogP contribution in [-0.4, -0.2) is 23.5 Å². The summed E-state index contributed by atoms with van der Waals surface area (Å²) in [7, 11) is 0. The van der Waals surface area contributed by atoms with E-state index in [1.165, 1.54) is 0 Å². The van der Waals surface area contributed by atoms with Crippen molar-refractivity contribution in [2.75, 3.05) is 0 Å². The third-order valence-electron chi connectivity index (χ3n) is 3.85. The molecule has 0 bridgehead atoms. The minimum atomic E-state index is -0.0377. The molecule has 0 aliphatic carbocycles. The Balaban J connectivity index is 3.42. The molecule has 0 saturated heterocycles. The van der Waals surface area contributed by atoms with Gasteiger partial charge in [0.05, 0.1) is 0 Å². The standard InChI is InChI=1S/C19H35NO3/c1-15(2)18(22)12-10-8-6-5-7-9-11-17(21)13-14-19(23)20-16(3)4/h15-16H,5-14H2,1-4H3,(H,20,23). The molecule has 0 spiro atoms. The van der Waals surface area contributed by atoms with Crippen LogP contribution >= 0.6 is 0 Å². The van der Waals surface area contributed by atoms with Gasteiger partial charge in [0.15, 0.2) is 0 Å². The van der Waals surface area contributed by atoms with Crippen molar-refractivity contribution in [3.63, 3.8) is 0 Å². The van der Waals surface area contributed by atoms with E-state index in [0.29, 0.717) is 31.5 Å². The summed E-state index contributed by atoms with van der Waals surface area (Å²) in [6.07, 6.45) is 8.26. The van der Waals surface area contributed by atoms with E-state index in [-0.39, 0.29) is 23.7 Å². The Morgan fingerprint density at radius 3 is 1.74 bits per heavy atom. The number of Topliss-reactive ketones (excluding diaryl/α,β-unsaturated/α-hetero) is 2. The Hall–Kier alpha value is -1.19. The number of unbranched alkanes of at least 4 members (excludes halogenated alkanes) is 5. The summed E-state index contributed by atoms with van der Waals surface area (Å²) in [4.78, 5) is 34.6. The van der Waals surface area contributed by atoms with E-state index in [9.17, 15) is 14.4 Å². The fraction of sp³-hybridized carbons (Fsp3) is 0.842. The van der Waals surface area contributed by atoms with Crippen molar-refractivity contribution in [2.24, 2.45) is 5.92 Å². The molecule has 0 fully saturated rings. The lowest BCUT2D eigenvalue weighted by molar-refractivity contribution is -0.125. The Kier molecular flexibility index (Phi) is 12.6. The van der Waals surface area contributed by atoms with Gasteiger partial charge in [-0.3, -0.25) is 14.4 Å². The largest absolute Gasteiger partial charge is 0.354 e. The molecule has 0 heterocycles. The number of rotatable bonds is 14. The number of hydrogen-bond acceptors (Lipinski definition) is 3. The van der Waals surface area contributed by atoms with Crippen molar-refractivity contribution < 1.29 is 14.4 Å². The van der Waals surface area contributed by atoms with E-state index >= 15 is 0 Å². The van der Waals surface area contributed by atoms with E-state index in [2.05, 4.69) is 5.32 Å². The first-order valence-corrected chi connectivity index (χ1v) is 9.16. The molecule has 1 amide bonds.